The first-order chi connectivity index (χ1) is 14.9. The number of nitrogens with zero attached hydrogens (tertiary/aromatic N) is 2. The molecule has 31 heavy (non-hydrogen) atoms. The molecule has 0 bridgehead atoms. The van der Waals surface area contributed by atoms with Crippen LogP contribution in [0.15, 0.2) is 48.8 Å². The van der Waals surface area contributed by atoms with Crippen LogP contribution >= 0.6 is 0 Å². The van der Waals surface area contributed by atoms with Crippen LogP contribution in [0.25, 0.3) is 0 Å². The summed E-state index contributed by atoms with van der Waals surface area (Å²) in [5.41, 5.74) is 7.41. The zero-order valence-electron chi connectivity index (χ0n) is 18.0. The van der Waals surface area contributed by atoms with Gasteiger partial charge in [-0.2, -0.15) is 0 Å². The highest BCUT2D eigenvalue weighted by molar-refractivity contribution is 5.97. The highest BCUT2D eigenvalue weighted by Crippen LogP contribution is 2.31. The molecule has 6 heteroatoms. The van der Waals surface area contributed by atoms with E-state index >= 15 is 0 Å². The number of hydrogen-bond donors (Lipinski definition) is 2. The molecule has 3 aromatic rings. The van der Waals surface area contributed by atoms with Gasteiger partial charge in [-0.3, -0.25) is 9.59 Å². The van der Waals surface area contributed by atoms with Gasteiger partial charge in [-0.25, -0.2) is 9.97 Å². The van der Waals surface area contributed by atoms with Crippen molar-refractivity contribution in [3.63, 3.8) is 0 Å². The molecule has 1 aliphatic rings. The second-order valence-electron chi connectivity index (χ2n) is 8.16. The number of rotatable bonds is 5. The van der Waals surface area contributed by atoms with E-state index in [0.717, 1.165) is 24.0 Å². The van der Waals surface area contributed by atoms with Crippen molar-refractivity contribution in [3.8, 4) is 0 Å². The molecular weight excluding hydrogens is 388 g/mol. The molecule has 0 saturated heterocycles. The number of fused-ring (bicyclic) bond motifs is 1. The Morgan fingerprint density at radius 2 is 1.71 bits per heavy atom. The Kier molecular flexibility index (Phi) is 5.80. The van der Waals surface area contributed by atoms with E-state index in [0.29, 0.717) is 6.54 Å². The average Bonchev–Trinajstić information content (AvgIpc) is 3.16. The van der Waals surface area contributed by atoms with Gasteiger partial charge < -0.3 is 10.6 Å². The van der Waals surface area contributed by atoms with Crippen molar-refractivity contribution in [2.45, 2.75) is 46.2 Å². The number of aryl methyl sites for hydroxylation is 4. The van der Waals surface area contributed by atoms with Crippen LogP contribution < -0.4 is 10.6 Å². The van der Waals surface area contributed by atoms with Gasteiger partial charge in [0.1, 0.15) is 17.7 Å². The van der Waals surface area contributed by atoms with Crippen LogP contribution in [0.2, 0.25) is 0 Å². The van der Waals surface area contributed by atoms with Crippen LogP contribution in [-0.2, 0) is 13.0 Å². The summed E-state index contributed by atoms with van der Waals surface area (Å²) >= 11 is 0. The first-order valence-electron chi connectivity index (χ1n) is 10.5. The fraction of sp³-hybridized carbons (Fsp3) is 0.280. The van der Waals surface area contributed by atoms with Gasteiger partial charge in [0, 0.05) is 12.6 Å². The minimum Gasteiger partial charge on any atom is -0.347 e. The highest BCUT2D eigenvalue weighted by atomic mass is 16.2. The van der Waals surface area contributed by atoms with Crippen LogP contribution in [0.4, 0.5) is 0 Å². The molecule has 1 atom stereocenters. The van der Waals surface area contributed by atoms with Gasteiger partial charge in [0.05, 0.1) is 6.04 Å². The topological polar surface area (TPSA) is 84.0 Å². The van der Waals surface area contributed by atoms with Crippen molar-refractivity contribution in [1.82, 2.24) is 20.6 Å². The Labute approximate surface area is 182 Å². The SMILES string of the molecule is Cc1ccc2c(c1)CC[C@@H]2NC(=O)c1cc(C(=O)NCc2ccc(C)c(C)c2)ncn1. The van der Waals surface area contributed by atoms with Gasteiger partial charge in [0.2, 0.25) is 0 Å². The minimum atomic E-state index is -0.337. The Bertz CT molecular complexity index is 1160. The molecule has 0 aliphatic heterocycles. The molecule has 2 N–H and O–H groups in total. The molecule has 158 valence electrons. The molecule has 0 unspecified atom stereocenters. The summed E-state index contributed by atoms with van der Waals surface area (Å²) in [5.74, 6) is -0.639. The number of hydrogen-bond acceptors (Lipinski definition) is 4. The Balaban J connectivity index is 1.41. The smallest absolute Gasteiger partial charge is 0.270 e. The lowest BCUT2D eigenvalue weighted by molar-refractivity contribution is 0.0931. The summed E-state index contributed by atoms with van der Waals surface area (Å²) in [4.78, 5) is 33.4. The van der Waals surface area contributed by atoms with Crippen molar-refractivity contribution in [3.05, 3.63) is 93.6 Å². The first kappa shape index (κ1) is 20.7. The summed E-state index contributed by atoms with van der Waals surface area (Å²) in [6, 6.07) is 13.8. The van der Waals surface area contributed by atoms with Crippen LogP contribution in [0.5, 0.6) is 0 Å². The highest BCUT2D eigenvalue weighted by Gasteiger charge is 2.25. The van der Waals surface area contributed by atoms with E-state index in [4.69, 9.17) is 0 Å². The predicted octanol–water partition coefficient (Wildman–Crippen LogP) is 3.75. The molecule has 1 aliphatic carbocycles. The van der Waals surface area contributed by atoms with Crippen molar-refractivity contribution in [1.29, 1.82) is 0 Å². The van der Waals surface area contributed by atoms with Gasteiger partial charge in [-0.05, 0) is 61.4 Å². The summed E-state index contributed by atoms with van der Waals surface area (Å²) < 4.78 is 0. The molecule has 2 aromatic carbocycles. The molecule has 1 aromatic heterocycles. The van der Waals surface area contributed by atoms with E-state index in [1.54, 1.807) is 0 Å². The summed E-state index contributed by atoms with van der Waals surface area (Å²) in [7, 11) is 0. The van der Waals surface area contributed by atoms with Crippen LogP contribution in [0.1, 0.15) is 66.8 Å². The zero-order valence-corrected chi connectivity index (χ0v) is 18.0. The van der Waals surface area contributed by atoms with Crippen LogP contribution in [0.3, 0.4) is 0 Å². The largest absolute Gasteiger partial charge is 0.347 e. The Morgan fingerprint density at radius 3 is 2.48 bits per heavy atom. The van der Waals surface area contributed by atoms with E-state index in [9.17, 15) is 9.59 Å². The molecule has 4 rings (SSSR count). The number of benzene rings is 2. The third-order valence-electron chi connectivity index (χ3n) is 5.84. The lowest BCUT2D eigenvalue weighted by atomic mass is 10.1. The van der Waals surface area contributed by atoms with Crippen molar-refractivity contribution < 1.29 is 9.59 Å². The first-order valence-corrected chi connectivity index (χ1v) is 10.5. The monoisotopic (exact) mass is 414 g/mol. The van der Waals surface area contributed by atoms with Gasteiger partial charge in [-0.15, -0.1) is 0 Å². The average molecular weight is 415 g/mol. The van der Waals surface area contributed by atoms with Crippen LogP contribution in [-0.4, -0.2) is 21.8 Å². The molecule has 2 amide bonds. The van der Waals surface area contributed by atoms with Gasteiger partial charge in [-0.1, -0.05) is 42.0 Å². The molecule has 0 radical (unpaired) electrons. The molecule has 0 saturated carbocycles. The molecule has 6 nitrogen and oxygen atoms in total. The molecule has 0 fully saturated rings. The fourth-order valence-corrected chi connectivity index (χ4v) is 3.92. The number of nitrogens with one attached hydrogen (secondary N) is 2. The van der Waals surface area contributed by atoms with E-state index in [2.05, 4.69) is 58.7 Å². The number of aromatic nitrogens is 2. The van der Waals surface area contributed by atoms with Crippen molar-refractivity contribution in [2.75, 3.05) is 0 Å². The van der Waals surface area contributed by atoms with Crippen molar-refractivity contribution in [2.24, 2.45) is 0 Å². The fourth-order valence-electron chi connectivity index (χ4n) is 3.92. The zero-order chi connectivity index (χ0) is 22.0. The lowest BCUT2D eigenvalue weighted by Crippen LogP contribution is -2.29. The maximum Gasteiger partial charge on any atom is 0.270 e. The van der Waals surface area contributed by atoms with Crippen molar-refractivity contribution >= 4 is 11.8 Å². The third-order valence-corrected chi connectivity index (χ3v) is 5.84. The van der Waals surface area contributed by atoms with E-state index in [1.807, 2.05) is 19.1 Å². The Hall–Kier alpha value is -3.54. The van der Waals surface area contributed by atoms with E-state index in [-0.39, 0.29) is 29.2 Å². The normalized spacial score (nSPS) is 14.7. The lowest BCUT2D eigenvalue weighted by Gasteiger charge is -2.14. The summed E-state index contributed by atoms with van der Waals surface area (Å²) in [6.07, 6.45) is 3.06. The van der Waals surface area contributed by atoms with Gasteiger partial charge >= 0.3 is 0 Å². The predicted molar refractivity (Wildman–Crippen MR) is 119 cm³/mol. The van der Waals surface area contributed by atoms with Crippen LogP contribution in [0, 0.1) is 20.8 Å². The molecular formula is C25H26N4O2. The second-order valence-corrected chi connectivity index (χ2v) is 8.16. The number of carbonyl (C=O) groups is 2. The number of amides is 2. The van der Waals surface area contributed by atoms with E-state index in [1.165, 1.54) is 34.6 Å². The summed E-state index contributed by atoms with van der Waals surface area (Å²) in [5, 5.41) is 5.90. The minimum absolute atomic E-state index is 0.0416. The second kappa shape index (κ2) is 8.68. The maximum atomic E-state index is 12.8. The quantitative estimate of drug-likeness (QED) is 0.666. The van der Waals surface area contributed by atoms with E-state index < -0.39 is 0 Å². The molecule has 1 heterocycles. The molecule has 0 spiro atoms. The summed E-state index contributed by atoms with van der Waals surface area (Å²) in [6.45, 7) is 6.56. The number of carbonyl (C=O) groups excluding carboxylic acids is 2. The van der Waals surface area contributed by atoms with Gasteiger partial charge in [0.15, 0.2) is 0 Å². The Morgan fingerprint density at radius 1 is 0.935 bits per heavy atom. The maximum absolute atomic E-state index is 12.8. The van der Waals surface area contributed by atoms with Gasteiger partial charge in [0.25, 0.3) is 11.8 Å². The third kappa shape index (κ3) is 4.63. The standard InChI is InChI=1S/C25H26N4O2/c1-15-4-8-20-19(10-15)7-9-21(20)29-25(31)23-12-22(27-14-28-23)24(30)26-13-18-6-5-16(2)17(3)11-18/h4-6,8,10-12,14,21H,7,9,13H2,1-3H3,(H,26,30)(H,29,31)/t21-/m0/s1.